The number of aromatic amines is 2. The van der Waals surface area contributed by atoms with Gasteiger partial charge in [-0.25, -0.2) is 33.9 Å². The van der Waals surface area contributed by atoms with Crippen LogP contribution in [0.3, 0.4) is 0 Å². The van der Waals surface area contributed by atoms with Gasteiger partial charge >= 0.3 is 49.2 Å². The molecule has 27 nitrogen and oxygen atoms in total. The molecule has 10 rings (SSSR count). The van der Waals surface area contributed by atoms with Crippen molar-refractivity contribution in [3.63, 3.8) is 0 Å². The van der Waals surface area contributed by atoms with E-state index in [4.69, 9.17) is 28.4 Å². The quantitative estimate of drug-likeness (QED) is 0.0315. The topological polar surface area (TPSA) is 345 Å². The van der Waals surface area contributed by atoms with Crippen LogP contribution in [0, 0.1) is 17.8 Å². The Hall–Kier alpha value is -8.74. The van der Waals surface area contributed by atoms with Gasteiger partial charge in [-0.15, -0.1) is 0 Å². The number of hydrogen-bond donors (Lipinski definition) is 6. The van der Waals surface area contributed by atoms with Gasteiger partial charge in [-0.1, -0.05) is 92.7 Å². The average Bonchev–Trinajstić information content (AvgIpc) is 2.11. The number of hydrogen-bond acceptors (Lipinski definition) is 19. The third kappa shape index (κ3) is 17.5. The maximum Gasteiger partial charge on any atom is 1.00 e. The number of imidazole rings is 2. The van der Waals surface area contributed by atoms with Crippen LogP contribution in [-0.2, 0) is 63.7 Å². The fraction of sp³-hybridized carbons (Fsp3) is 0.443. The van der Waals surface area contributed by atoms with E-state index in [0.717, 1.165) is 70.7 Å². The largest absolute Gasteiger partial charge is 1.00 e. The molecule has 0 saturated carbocycles. The van der Waals surface area contributed by atoms with E-state index in [2.05, 4.69) is 74.9 Å². The van der Waals surface area contributed by atoms with Gasteiger partial charge in [0.2, 0.25) is 11.8 Å². The summed E-state index contributed by atoms with van der Waals surface area (Å²) in [6, 6.07) is 22.9. The summed E-state index contributed by atoms with van der Waals surface area (Å²) < 4.78 is 38.5. The molecule has 5 aliphatic heterocycles. The Bertz CT molecular complexity index is 3260. The minimum Gasteiger partial charge on any atom is -0.548 e. The number of carbonyl (C=O) groups is 8. The first-order valence-electron chi connectivity index (χ1n) is 28.7. The molecule has 470 valence electrons. The molecule has 28 heteroatoms. The second kappa shape index (κ2) is 32.5. The molecule has 0 spiro atoms. The van der Waals surface area contributed by atoms with Gasteiger partial charge in [0.15, 0.2) is 0 Å². The van der Waals surface area contributed by atoms with Crippen molar-refractivity contribution in [3.8, 4) is 33.6 Å². The molecule has 0 radical (unpaired) electrons. The number of carboxylic acid groups (broad SMARTS) is 1. The molecule has 0 bridgehead atoms. The van der Waals surface area contributed by atoms with Crippen LogP contribution in [0.1, 0.15) is 68.8 Å². The SMILES string of the molecule is COC(=O)C(NC(=O)OCc1ccccc1)=C1COC1.COC(=O)NC(C(=O)N1CCC[C@H]1c1ncc(-c2ccc(-c3ccc(-c4cnc([C@@H]5CCCN5C(=O)[C@@H](NC(=O)OC)C(C)C)[nH]4)cc3)cc2)[nH]1)C1COC1.COC(=O)NC(C(=O)[O-])C1COC1.[Li+]. The minimum absolute atomic E-state index is 0. The number of nitrogens with zero attached hydrogens (tertiary/aromatic N) is 4. The summed E-state index contributed by atoms with van der Waals surface area (Å²) in [4.78, 5) is 115. The van der Waals surface area contributed by atoms with Crippen molar-refractivity contribution in [2.75, 3.05) is 81.2 Å². The van der Waals surface area contributed by atoms with Crippen molar-refractivity contribution < 1.29 is 100 Å². The first-order chi connectivity index (χ1) is 42.5. The van der Waals surface area contributed by atoms with E-state index in [-0.39, 0.29) is 72.8 Å². The van der Waals surface area contributed by atoms with Gasteiger partial charge in [-0.05, 0) is 59.4 Å². The summed E-state index contributed by atoms with van der Waals surface area (Å²) in [6.07, 6.45) is 4.09. The Balaban J connectivity index is 0.000000270. The Morgan fingerprint density at radius 3 is 1.48 bits per heavy atom. The Kier molecular flexibility index (Phi) is 24.7. The molecule has 7 heterocycles. The molecule has 0 aliphatic carbocycles. The summed E-state index contributed by atoms with van der Waals surface area (Å²) in [7, 11) is 4.99. The number of esters is 1. The summed E-state index contributed by atoms with van der Waals surface area (Å²) in [6.45, 7) is 7.20. The number of aromatic nitrogens is 4. The van der Waals surface area contributed by atoms with Gasteiger partial charge in [-0.2, -0.15) is 0 Å². The van der Waals surface area contributed by atoms with Gasteiger partial charge in [0.25, 0.3) is 0 Å². The van der Waals surface area contributed by atoms with Gasteiger partial charge in [0.05, 0.1) is 116 Å². The van der Waals surface area contributed by atoms with E-state index in [9.17, 15) is 43.5 Å². The normalized spacial score (nSPS) is 17.7. The minimum atomic E-state index is -1.32. The second-order valence-electron chi connectivity index (χ2n) is 21.5. The molecule has 5 aromatic rings. The molecule has 3 aromatic carbocycles. The van der Waals surface area contributed by atoms with E-state index >= 15 is 0 Å². The third-order valence-electron chi connectivity index (χ3n) is 15.5. The standard InChI is InChI=1S/C40H48N8O7.C14H15NO5.C7H11NO5.Li/c1-23(2)33(45-39(51)53-3)37(49)47-17-5-7-31(47)35-41-19-29(43-35)26-13-9-24(10-14-26)25-11-15-27(16-12-25)30-20-42-36(44-30)32-8-6-18-48(32)38(50)34(28-21-55-22-28)46-40(52)54-4;1-18-13(16)12(11-8-19-9-11)15-14(17)20-7-10-5-3-2-4-6-10;1-12-7(11)8-5(6(9)10)4-2-13-3-4;/h9-16,19-20,23,28,31-34H,5-8,17-18,21-22H2,1-4H3,(H,41,43)(H,42,44)(H,45,51)(H,46,52);2-6H,7-9H2,1H3,(H,15,17);4-5H,2-3H2,1H3,(H,8,11)(H,9,10);/q;;;+1/p-1/t31-,32-,33-,34?;;;/m0.../s1. The first kappa shape index (κ1) is 67.8. The summed E-state index contributed by atoms with van der Waals surface area (Å²) >= 11 is 0. The predicted molar refractivity (Wildman–Crippen MR) is 310 cm³/mol. The van der Waals surface area contributed by atoms with Crippen LogP contribution in [0.25, 0.3) is 33.6 Å². The summed E-state index contributed by atoms with van der Waals surface area (Å²) in [5, 5.41) is 20.5. The van der Waals surface area contributed by atoms with E-state index in [1.165, 1.54) is 28.4 Å². The number of rotatable bonds is 18. The van der Waals surface area contributed by atoms with E-state index in [1.807, 2.05) is 68.4 Å². The fourth-order valence-corrected chi connectivity index (χ4v) is 10.3. The number of methoxy groups -OCH3 is 4. The van der Waals surface area contributed by atoms with E-state index in [0.29, 0.717) is 64.1 Å². The second-order valence-corrected chi connectivity index (χ2v) is 21.5. The average molecular weight is 1230 g/mol. The molecule has 5 aliphatic rings. The number of carboxylic acids is 1. The number of likely N-dealkylation sites (tertiary alicyclic amines) is 2. The zero-order valence-electron chi connectivity index (χ0n) is 50.7. The van der Waals surface area contributed by atoms with Crippen molar-refractivity contribution >= 4 is 48.1 Å². The molecule has 5 atom stereocenters. The van der Waals surface area contributed by atoms with Crippen LogP contribution < -0.4 is 45.2 Å². The van der Waals surface area contributed by atoms with Crippen molar-refractivity contribution in [2.45, 2.75) is 76.3 Å². The molecular formula is C61H73LiN10O17. The van der Waals surface area contributed by atoms with Crippen LogP contribution in [0.15, 0.2) is 103 Å². The number of nitrogens with one attached hydrogen (secondary N) is 6. The Labute approximate surface area is 525 Å². The van der Waals surface area contributed by atoms with Crippen LogP contribution in [0.4, 0.5) is 19.2 Å². The number of aliphatic carboxylic acids is 1. The fourth-order valence-electron chi connectivity index (χ4n) is 10.3. The number of benzene rings is 3. The van der Waals surface area contributed by atoms with Crippen molar-refractivity contribution in [3.05, 3.63) is 120 Å². The van der Waals surface area contributed by atoms with Gasteiger partial charge in [0, 0.05) is 30.5 Å². The Morgan fingerprint density at radius 2 is 1.06 bits per heavy atom. The zero-order chi connectivity index (χ0) is 62.9. The number of ether oxygens (including phenoxy) is 8. The molecule has 6 N–H and O–H groups in total. The van der Waals surface area contributed by atoms with Gasteiger partial charge < -0.3 is 83.5 Å². The third-order valence-corrected chi connectivity index (χ3v) is 15.5. The van der Waals surface area contributed by atoms with Gasteiger partial charge in [0.1, 0.15) is 36.0 Å². The maximum atomic E-state index is 13.7. The first-order valence-corrected chi connectivity index (χ1v) is 28.7. The van der Waals surface area contributed by atoms with E-state index in [1.54, 1.807) is 22.2 Å². The molecule has 2 unspecified atom stereocenters. The smallest absolute Gasteiger partial charge is 0.548 e. The number of H-pyrrole nitrogens is 2. The monoisotopic (exact) mass is 1220 g/mol. The predicted octanol–water partition coefficient (Wildman–Crippen LogP) is 1.69. The number of alkyl carbamates (subject to hydrolysis) is 4. The molecule has 2 aromatic heterocycles. The molecule has 5 fully saturated rings. The van der Waals surface area contributed by atoms with Crippen molar-refractivity contribution in [1.82, 2.24) is 51.0 Å². The van der Waals surface area contributed by atoms with Crippen LogP contribution in [0.5, 0.6) is 0 Å². The number of amides is 6. The van der Waals surface area contributed by atoms with Gasteiger partial charge in [-0.3, -0.25) is 14.9 Å². The molecular weight excluding hydrogens is 1150 g/mol. The molecule has 5 saturated heterocycles. The van der Waals surface area contributed by atoms with E-state index < -0.39 is 54.4 Å². The summed E-state index contributed by atoms with van der Waals surface area (Å²) in [5.41, 5.74) is 7.40. The maximum absolute atomic E-state index is 13.7. The Morgan fingerprint density at radius 1 is 0.596 bits per heavy atom. The summed E-state index contributed by atoms with van der Waals surface area (Å²) in [5.74, 6) is -1.21. The van der Waals surface area contributed by atoms with Crippen LogP contribution in [-0.4, -0.2) is 177 Å². The molecule has 89 heavy (non-hydrogen) atoms. The van der Waals surface area contributed by atoms with Crippen molar-refractivity contribution in [2.24, 2.45) is 17.8 Å². The number of carbonyl (C=O) groups excluding carboxylic acids is 8. The molecule has 6 amide bonds. The van der Waals surface area contributed by atoms with Crippen LogP contribution in [0.2, 0.25) is 0 Å². The van der Waals surface area contributed by atoms with Crippen LogP contribution >= 0.6 is 0 Å². The zero-order valence-corrected chi connectivity index (χ0v) is 50.7. The van der Waals surface area contributed by atoms with Crippen molar-refractivity contribution in [1.29, 1.82) is 0 Å².